The summed E-state index contributed by atoms with van der Waals surface area (Å²) >= 11 is 0. The maximum absolute atomic E-state index is 11.2. The van der Waals surface area contributed by atoms with Crippen LogP contribution in [0, 0.1) is 5.92 Å². The van der Waals surface area contributed by atoms with Crippen molar-refractivity contribution in [1.82, 2.24) is 4.90 Å². The first-order valence-corrected chi connectivity index (χ1v) is 3.73. The zero-order valence-electron chi connectivity index (χ0n) is 7.51. The molecule has 0 saturated heterocycles. The second kappa shape index (κ2) is 5.16. The molecule has 0 aromatic heterocycles. The van der Waals surface area contributed by atoms with Gasteiger partial charge in [0.25, 0.3) is 0 Å². The quantitative estimate of drug-likeness (QED) is 0.604. The van der Waals surface area contributed by atoms with Crippen molar-refractivity contribution >= 4 is 5.91 Å². The highest BCUT2D eigenvalue weighted by Crippen LogP contribution is 2.02. The van der Waals surface area contributed by atoms with E-state index in [1.807, 2.05) is 34.7 Å². The normalized spacial score (nSPS) is 9.73. The summed E-state index contributed by atoms with van der Waals surface area (Å²) in [6.45, 7) is 7.86. The Labute approximate surface area is 70.6 Å². The minimum atomic E-state index is 0. The summed E-state index contributed by atoms with van der Waals surface area (Å²) in [5.74, 6) is 0.336. The molecule has 0 unspecified atom stereocenters. The van der Waals surface area contributed by atoms with Crippen LogP contribution < -0.4 is 0 Å². The van der Waals surface area contributed by atoms with E-state index in [0.29, 0.717) is 6.04 Å². The molecule has 0 spiro atoms. The molecule has 0 atom stereocenters. The summed E-state index contributed by atoms with van der Waals surface area (Å²) in [5.41, 5.74) is 0. The Morgan fingerprint density at radius 3 is 1.64 bits per heavy atom. The van der Waals surface area contributed by atoms with Crippen LogP contribution in [0.25, 0.3) is 0 Å². The summed E-state index contributed by atoms with van der Waals surface area (Å²) in [7, 11) is 1.84. The van der Waals surface area contributed by atoms with Gasteiger partial charge < -0.3 is 4.90 Å². The summed E-state index contributed by atoms with van der Waals surface area (Å²) in [6, 6.07) is 0.315. The molecule has 1 amide bonds. The Balaban J connectivity index is 0. The van der Waals surface area contributed by atoms with Gasteiger partial charge in [0.1, 0.15) is 0 Å². The largest absolute Gasteiger partial charge is 0.343 e. The number of rotatable bonds is 2. The number of amides is 1. The molecule has 11 heavy (non-hydrogen) atoms. The number of hydrogen-bond donors (Lipinski definition) is 0. The van der Waals surface area contributed by atoms with E-state index in [-0.39, 0.29) is 19.3 Å². The van der Waals surface area contributed by atoms with Gasteiger partial charge >= 0.3 is 0 Å². The van der Waals surface area contributed by atoms with Crippen LogP contribution >= 0.6 is 0 Å². The Morgan fingerprint density at radius 2 is 1.55 bits per heavy atom. The van der Waals surface area contributed by atoms with Crippen LogP contribution in [0.15, 0.2) is 0 Å². The fraction of sp³-hybridized carbons (Fsp3) is 0.889. The second-order valence-corrected chi connectivity index (χ2v) is 3.20. The number of nitrogens with zero attached hydrogens (tertiary/aromatic N) is 1. The summed E-state index contributed by atoms with van der Waals surface area (Å²) in [6.07, 6.45) is 0. The van der Waals surface area contributed by atoms with Gasteiger partial charge in [0.15, 0.2) is 0 Å². The molecule has 0 fully saturated rings. The van der Waals surface area contributed by atoms with Crippen molar-refractivity contribution in [3.63, 3.8) is 0 Å². The highest BCUT2D eigenvalue weighted by molar-refractivity contribution is 5.78. The van der Waals surface area contributed by atoms with E-state index >= 15 is 0 Å². The minimum absolute atomic E-state index is 0. The molecule has 0 aliphatic heterocycles. The number of carbonyl (C=O) groups excluding carboxylic acids is 1. The molecule has 0 aliphatic rings. The highest BCUT2D eigenvalue weighted by atomic mass is 16.2. The fourth-order valence-electron chi connectivity index (χ4n) is 0.662. The lowest BCUT2D eigenvalue weighted by atomic mass is 10.2. The molecule has 0 heterocycles. The summed E-state index contributed by atoms with van der Waals surface area (Å²) < 4.78 is 0. The van der Waals surface area contributed by atoms with E-state index < -0.39 is 0 Å². The molecule has 0 radical (unpaired) electrons. The van der Waals surface area contributed by atoms with Crippen LogP contribution in [0.3, 0.4) is 0 Å². The zero-order valence-corrected chi connectivity index (χ0v) is 7.51. The van der Waals surface area contributed by atoms with Crippen LogP contribution in [0.5, 0.6) is 0 Å². The van der Waals surface area contributed by atoms with E-state index in [9.17, 15) is 4.79 Å². The zero-order chi connectivity index (χ0) is 8.31. The van der Waals surface area contributed by atoms with Crippen LogP contribution in [-0.2, 0) is 4.79 Å². The molecule has 0 rings (SSSR count). The lowest BCUT2D eigenvalue weighted by molar-refractivity contribution is -0.134. The van der Waals surface area contributed by atoms with E-state index in [0.717, 1.165) is 0 Å². The predicted octanol–water partition coefficient (Wildman–Crippen LogP) is 2.15. The van der Waals surface area contributed by atoms with Crippen molar-refractivity contribution in [2.75, 3.05) is 7.05 Å². The molecule has 2 heteroatoms. The molecule has 0 N–H and O–H groups in total. The second-order valence-electron chi connectivity index (χ2n) is 3.20. The van der Waals surface area contributed by atoms with E-state index in [1.54, 1.807) is 4.90 Å². The van der Waals surface area contributed by atoms with Gasteiger partial charge in [0, 0.05) is 19.0 Å². The Bertz CT molecular complexity index is 119. The number of hydrogen-bond acceptors (Lipinski definition) is 1. The Hall–Kier alpha value is -0.530. The van der Waals surface area contributed by atoms with Crippen LogP contribution in [0.1, 0.15) is 35.1 Å². The fourth-order valence-corrected chi connectivity index (χ4v) is 0.662. The van der Waals surface area contributed by atoms with Gasteiger partial charge in [-0.25, -0.2) is 0 Å². The van der Waals surface area contributed by atoms with Crippen molar-refractivity contribution in [2.45, 2.75) is 41.2 Å². The van der Waals surface area contributed by atoms with E-state index in [4.69, 9.17) is 0 Å². The average molecular weight is 159 g/mol. The first-order chi connectivity index (χ1) is 4.46. The molecule has 0 aromatic rings. The van der Waals surface area contributed by atoms with Crippen molar-refractivity contribution in [3.05, 3.63) is 0 Å². The van der Waals surface area contributed by atoms with Crippen LogP contribution in [0.2, 0.25) is 0 Å². The Kier molecular flexibility index (Phi) is 6.14. The minimum Gasteiger partial charge on any atom is -0.343 e. The third kappa shape index (κ3) is 4.02. The monoisotopic (exact) mass is 159 g/mol. The third-order valence-electron chi connectivity index (χ3n) is 1.62. The average Bonchev–Trinajstić information content (AvgIpc) is 1.84. The van der Waals surface area contributed by atoms with Gasteiger partial charge in [-0.05, 0) is 13.8 Å². The molecule has 0 bridgehead atoms. The molecule has 68 valence electrons. The number of carbonyl (C=O) groups is 1. The predicted molar refractivity (Wildman–Crippen MR) is 49.5 cm³/mol. The van der Waals surface area contributed by atoms with Crippen LogP contribution in [0.4, 0.5) is 0 Å². The molecule has 2 nitrogen and oxygen atoms in total. The van der Waals surface area contributed by atoms with Crippen molar-refractivity contribution in [3.8, 4) is 0 Å². The standard InChI is InChI=1S/C8H17NO.CH4/c1-6(2)8(10)9(5)7(3)4;/h6-7H,1-5H3;1H4. The van der Waals surface area contributed by atoms with Gasteiger partial charge in [-0.15, -0.1) is 0 Å². The summed E-state index contributed by atoms with van der Waals surface area (Å²) in [4.78, 5) is 13.0. The van der Waals surface area contributed by atoms with Crippen molar-refractivity contribution in [2.24, 2.45) is 5.92 Å². The lowest BCUT2D eigenvalue weighted by Gasteiger charge is -2.23. The molecule has 0 aliphatic carbocycles. The van der Waals surface area contributed by atoms with Crippen molar-refractivity contribution < 1.29 is 4.79 Å². The smallest absolute Gasteiger partial charge is 0.225 e. The lowest BCUT2D eigenvalue weighted by Crippen LogP contribution is -2.35. The molecule has 0 aromatic carbocycles. The third-order valence-corrected chi connectivity index (χ3v) is 1.62. The first-order valence-electron chi connectivity index (χ1n) is 3.73. The van der Waals surface area contributed by atoms with Gasteiger partial charge in [-0.2, -0.15) is 0 Å². The highest BCUT2D eigenvalue weighted by Gasteiger charge is 2.14. The first kappa shape index (κ1) is 13.1. The van der Waals surface area contributed by atoms with Gasteiger partial charge in [-0.3, -0.25) is 4.79 Å². The van der Waals surface area contributed by atoms with Gasteiger partial charge in [0.2, 0.25) is 5.91 Å². The maximum Gasteiger partial charge on any atom is 0.225 e. The summed E-state index contributed by atoms with van der Waals surface area (Å²) in [5, 5.41) is 0. The topological polar surface area (TPSA) is 20.3 Å². The Morgan fingerprint density at radius 1 is 1.18 bits per heavy atom. The molecule has 0 saturated carbocycles. The van der Waals surface area contributed by atoms with E-state index in [1.165, 1.54) is 0 Å². The van der Waals surface area contributed by atoms with Crippen molar-refractivity contribution in [1.29, 1.82) is 0 Å². The van der Waals surface area contributed by atoms with Gasteiger partial charge in [-0.1, -0.05) is 21.3 Å². The van der Waals surface area contributed by atoms with E-state index in [2.05, 4.69) is 0 Å². The van der Waals surface area contributed by atoms with Gasteiger partial charge in [0.05, 0.1) is 0 Å². The van der Waals surface area contributed by atoms with Crippen LogP contribution in [-0.4, -0.2) is 23.9 Å². The SMILES string of the molecule is C.CC(C)C(=O)N(C)C(C)C. The molecular weight excluding hydrogens is 138 g/mol. The maximum atomic E-state index is 11.2. The molecular formula is C9H21NO.